The lowest BCUT2D eigenvalue weighted by Gasteiger charge is -2.33. The van der Waals surface area contributed by atoms with Gasteiger partial charge in [-0.2, -0.15) is 0 Å². The second kappa shape index (κ2) is 8.65. The molecule has 28 heavy (non-hydrogen) atoms. The van der Waals surface area contributed by atoms with Gasteiger partial charge in [-0.1, -0.05) is 0 Å². The monoisotopic (exact) mass is 380 g/mol. The van der Waals surface area contributed by atoms with E-state index in [2.05, 4.69) is 14.9 Å². The van der Waals surface area contributed by atoms with Gasteiger partial charge in [0, 0.05) is 37.7 Å². The fraction of sp³-hybridized carbons (Fsp3) is 0.333. The number of hydrogen-bond acceptors (Lipinski definition) is 4. The maximum atomic E-state index is 12.6. The number of rotatable bonds is 6. The largest absolute Gasteiger partial charge is 0.486 e. The summed E-state index contributed by atoms with van der Waals surface area (Å²) in [5, 5.41) is 2.98. The molecule has 3 heterocycles. The number of urea groups is 1. The Balaban J connectivity index is 1.27. The van der Waals surface area contributed by atoms with Crippen molar-refractivity contribution < 1.29 is 13.9 Å². The topological polar surface area (TPSA) is 72.5 Å². The molecule has 0 unspecified atom stereocenters. The van der Waals surface area contributed by atoms with E-state index in [4.69, 9.17) is 9.15 Å². The molecule has 0 radical (unpaired) electrons. The number of anilines is 1. The van der Waals surface area contributed by atoms with Gasteiger partial charge in [0.2, 0.25) is 0 Å². The number of likely N-dealkylation sites (tertiary alicyclic amines) is 1. The molecule has 7 heteroatoms. The summed E-state index contributed by atoms with van der Waals surface area (Å²) in [6.07, 6.45) is 9.35. The molecule has 1 aliphatic heterocycles. The number of amides is 2. The maximum Gasteiger partial charge on any atom is 0.321 e. The first-order valence-electron chi connectivity index (χ1n) is 9.53. The van der Waals surface area contributed by atoms with Crippen LogP contribution in [0.5, 0.6) is 5.75 Å². The molecule has 146 valence electrons. The molecule has 1 fully saturated rings. The molecular weight excluding hydrogens is 356 g/mol. The number of carbonyl (C=O) groups excluding carboxylic acids is 1. The second-order valence-electron chi connectivity index (χ2n) is 7.04. The molecule has 3 aromatic rings. The Bertz CT molecular complexity index is 860. The molecule has 7 nitrogen and oxygen atoms in total. The lowest BCUT2D eigenvalue weighted by molar-refractivity contribution is 0.170. The predicted octanol–water partition coefficient (Wildman–Crippen LogP) is 4.00. The Hall–Kier alpha value is -3.22. The number of ether oxygens (including phenoxy) is 1. The van der Waals surface area contributed by atoms with Crippen molar-refractivity contribution in [2.75, 3.05) is 18.4 Å². The van der Waals surface area contributed by atoms with Gasteiger partial charge in [-0.3, -0.25) is 0 Å². The van der Waals surface area contributed by atoms with Gasteiger partial charge in [0.05, 0.1) is 12.6 Å². The number of hydrogen-bond donors (Lipinski definition) is 1. The van der Waals surface area contributed by atoms with Crippen LogP contribution in [0.25, 0.3) is 0 Å². The molecule has 0 aliphatic carbocycles. The third-order valence-electron chi connectivity index (χ3n) is 4.90. The third-order valence-corrected chi connectivity index (χ3v) is 4.90. The van der Waals surface area contributed by atoms with Crippen molar-refractivity contribution in [2.45, 2.75) is 26.0 Å². The van der Waals surface area contributed by atoms with Gasteiger partial charge in [-0.05, 0) is 55.2 Å². The van der Waals surface area contributed by atoms with Crippen molar-refractivity contribution in [2.24, 2.45) is 5.92 Å². The predicted molar refractivity (Wildman–Crippen MR) is 105 cm³/mol. The number of aromatic nitrogens is 2. The molecule has 1 aromatic carbocycles. The van der Waals surface area contributed by atoms with Crippen LogP contribution in [0.1, 0.15) is 18.6 Å². The number of nitrogens with one attached hydrogen (secondary N) is 1. The first-order valence-corrected chi connectivity index (χ1v) is 9.53. The molecule has 0 spiro atoms. The van der Waals surface area contributed by atoms with E-state index in [-0.39, 0.29) is 6.03 Å². The lowest BCUT2D eigenvalue weighted by Crippen LogP contribution is -2.43. The number of benzene rings is 1. The molecular formula is C21H24N4O3. The number of nitrogens with zero attached hydrogens (tertiary/aromatic N) is 3. The molecule has 0 bridgehead atoms. The highest BCUT2D eigenvalue weighted by atomic mass is 16.5. The third kappa shape index (κ3) is 4.73. The zero-order chi connectivity index (χ0) is 19.2. The van der Waals surface area contributed by atoms with E-state index < -0.39 is 0 Å². The second-order valence-corrected chi connectivity index (χ2v) is 7.04. The van der Waals surface area contributed by atoms with Gasteiger partial charge in [0.25, 0.3) is 0 Å². The molecule has 4 rings (SSSR count). The van der Waals surface area contributed by atoms with Gasteiger partial charge < -0.3 is 23.9 Å². The van der Waals surface area contributed by atoms with Gasteiger partial charge >= 0.3 is 6.03 Å². The highest BCUT2D eigenvalue weighted by Crippen LogP contribution is 2.21. The smallest absolute Gasteiger partial charge is 0.321 e. The highest BCUT2D eigenvalue weighted by molar-refractivity contribution is 5.89. The lowest BCUT2D eigenvalue weighted by atomic mass is 9.98. The van der Waals surface area contributed by atoms with Crippen molar-refractivity contribution in [3.63, 3.8) is 0 Å². The molecule has 0 saturated carbocycles. The van der Waals surface area contributed by atoms with Crippen LogP contribution >= 0.6 is 0 Å². The minimum absolute atomic E-state index is 0.0559. The van der Waals surface area contributed by atoms with Crippen LogP contribution in [0.2, 0.25) is 0 Å². The van der Waals surface area contributed by atoms with Gasteiger partial charge in [0.1, 0.15) is 18.1 Å². The first-order chi connectivity index (χ1) is 13.8. The Labute approximate surface area is 163 Å². The van der Waals surface area contributed by atoms with Crippen molar-refractivity contribution in [3.8, 4) is 5.75 Å². The van der Waals surface area contributed by atoms with Crippen molar-refractivity contribution >= 4 is 11.7 Å². The number of furan rings is 1. The van der Waals surface area contributed by atoms with Crippen LogP contribution in [-0.2, 0) is 13.2 Å². The van der Waals surface area contributed by atoms with Gasteiger partial charge in [-0.25, -0.2) is 9.78 Å². The first kappa shape index (κ1) is 18.2. The SMILES string of the molecule is O=C(Nc1ccc(OCc2ccco2)cc1)N1CCC[C@H](Cn2ccnc2)C1. The average molecular weight is 380 g/mol. The molecule has 1 N–H and O–H groups in total. The summed E-state index contributed by atoms with van der Waals surface area (Å²) in [5.41, 5.74) is 0.757. The van der Waals surface area contributed by atoms with E-state index in [0.717, 1.165) is 49.7 Å². The van der Waals surface area contributed by atoms with Crippen LogP contribution < -0.4 is 10.1 Å². The molecule has 1 saturated heterocycles. The van der Waals surface area contributed by atoms with E-state index in [1.165, 1.54) is 0 Å². The Kier molecular flexibility index (Phi) is 5.61. The number of carbonyl (C=O) groups is 1. The summed E-state index contributed by atoms with van der Waals surface area (Å²) in [6, 6.07) is 11.0. The van der Waals surface area contributed by atoms with Crippen LogP contribution in [0.3, 0.4) is 0 Å². The standard InChI is InChI=1S/C21H24N4O3/c26-21(25-10-1-3-17(14-25)13-24-11-9-22-16-24)23-18-5-7-19(8-6-18)28-15-20-4-2-12-27-20/h2,4-9,11-12,16-17H,1,3,10,13-15H2,(H,23,26)/t17-/m1/s1. The summed E-state index contributed by atoms with van der Waals surface area (Å²) in [5.74, 6) is 1.95. The zero-order valence-electron chi connectivity index (χ0n) is 15.7. The van der Waals surface area contributed by atoms with E-state index in [1.54, 1.807) is 12.5 Å². The Morgan fingerprint density at radius 3 is 2.93 bits per heavy atom. The van der Waals surface area contributed by atoms with E-state index in [9.17, 15) is 4.79 Å². The quantitative estimate of drug-likeness (QED) is 0.702. The van der Waals surface area contributed by atoms with Gasteiger partial charge in [0.15, 0.2) is 0 Å². The maximum absolute atomic E-state index is 12.6. The highest BCUT2D eigenvalue weighted by Gasteiger charge is 2.24. The molecule has 1 aliphatic rings. The van der Waals surface area contributed by atoms with Crippen LogP contribution in [0.15, 0.2) is 65.8 Å². The summed E-state index contributed by atoms with van der Waals surface area (Å²) in [4.78, 5) is 18.6. The molecule has 2 amide bonds. The van der Waals surface area contributed by atoms with E-state index >= 15 is 0 Å². The Morgan fingerprint density at radius 1 is 1.29 bits per heavy atom. The summed E-state index contributed by atoms with van der Waals surface area (Å²) < 4.78 is 13.0. The summed E-state index contributed by atoms with van der Waals surface area (Å²) >= 11 is 0. The minimum Gasteiger partial charge on any atom is -0.486 e. The summed E-state index contributed by atoms with van der Waals surface area (Å²) in [6.45, 7) is 2.82. The van der Waals surface area contributed by atoms with Crippen molar-refractivity contribution in [1.29, 1.82) is 0 Å². The van der Waals surface area contributed by atoms with Crippen LogP contribution in [-0.4, -0.2) is 33.6 Å². The van der Waals surface area contributed by atoms with Crippen LogP contribution in [0.4, 0.5) is 10.5 Å². The van der Waals surface area contributed by atoms with Crippen molar-refractivity contribution in [3.05, 3.63) is 67.1 Å². The Morgan fingerprint density at radius 2 is 2.18 bits per heavy atom. The molecule has 1 atom stereocenters. The van der Waals surface area contributed by atoms with Crippen molar-refractivity contribution in [1.82, 2.24) is 14.5 Å². The average Bonchev–Trinajstić information content (AvgIpc) is 3.42. The summed E-state index contributed by atoms with van der Waals surface area (Å²) in [7, 11) is 0. The normalized spacial score (nSPS) is 16.7. The number of piperidine rings is 1. The van der Waals surface area contributed by atoms with Crippen LogP contribution in [0, 0.1) is 5.92 Å². The fourth-order valence-corrected chi connectivity index (χ4v) is 3.48. The minimum atomic E-state index is -0.0559. The zero-order valence-corrected chi connectivity index (χ0v) is 15.7. The van der Waals surface area contributed by atoms with E-state index in [1.807, 2.05) is 53.8 Å². The number of imidazole rings is 1. The fourth-order valence-electron chi connectivity index (χ4n) is 3.48. The molecule has 2 aromatic heterocycles. The van der Waals surface area contributed by atoms with E-state index in [0.29, 0.717) is 12.5 Å². The van der Waals surface area contributed by atoms with Gasteiger partial charge in [-0.15, -0.1) is 0 Å².